The molecule has 0 radical (unpaired) electrons. The fraction of sp³-hybridized carbons (Fsp3) is 0.727. The van der Waals surface area contributed by atoms with Gasteiger partial charge >= 0.3 is 12.1 Å². The average molecular weight is 312 g/mol. The standard InChI is InChI=1S/C11H15F3N2O5/c12-11(13,14)6-15-8(17)4-9(18)16-1-2-21-5-7(16)3-10(19)20/h7H,1-6H2,(H,15,17)(H,19,20)/t7-/m1/s1. The van der Waals surface area contributed by atoms with Crippen molar-refractivity contribution < 1.29 is 37.4 Å². The van der Waals surface area contributed by atoms with Crippen LogP contribution in [0.4, 0.5) is 13.2 Å². The van der Waals surface area contributed by atoms with E-state index in [1.807, 2.05) is 0 Å². The van der Waals surface area contributed by atoms with Gasteiger partial charge in [0.2, 0.25) is 11.8 Å². The highest BCUT2D eigenvalue weighted by Gasteiger charge is 2.31. The van der Waals surface area contributed by atoms with Gasteiger partial charge in [0.1, 0.15) is 13.0 Å². The fourth-order valence-electron chi connectivity index (χ4n) is 1.85. The lowest BCUT2D eigenvalue weighted by Crippen LogP contribution is -2.50. The molecule has 0 aromatic carbocycles. The Morgan fingerprint density at radius 3 is 2.57 bits per heavy atom. The smallest absolute Gasteiger partial charge is 0.405 e. The van der Waals surface area contributed by atoms with Crippen molar-refractivity contribution in [3.8, 4) is 0 Å². The van der Waals surface area contributed by atoms with Crippen molar-refractivity contribution in [2.45, 2.75) is 25.1 Å². The van der Waals surface area contributed by atoms with Gasteiger partial charge in [0.25, 0.3) is 0 Å². The van der Waals surface area contributed by atoms with E-state index < -0.39 is 43.0 Å². The third-order valence-corrected chi connectivity index (χ3v) is 2.76. The Hall–Kier alpha value is -1.84. The molecular formula is C11H15F3N2O5. The second-order valence-corrected chi connectivity index (χ2v) is 4.48. The number of rotatable bonds is 5. The van der Waals surface area contributed by atoms with Gasteiger partial charge in [-0.3, -0.25) is 14.4 Å². The summed E-state index contributed by atoms with van der Waals surface area (Å²) in [7, 11) is 0. The quantitative estimate of drug-likeness (QED) is 0.683. The van der Waals surface area contributed by atoms with E-state index in [-0.39, 0.29) is 26.2 Å². The van der Waals surface area contributed by atoms with Crippen LogP contribution >= 0.6 is 0 Å². The zero-order valence-corrected chi connectivity index (χ0v) is 11.0. The summed E-state index contributed by atoms with van der Waals surface area (Å²) in [4.78, 5) is 35.0. The molecule has 0 aromatic rings. The molecule has 1 rings (SSSR count). The Kier molecular flexibility index (Phi) is 5.94. The van der Waals surface area contributed by atoms with Crippen LogP contribution in [0.2, 0.25) is 0 Å². The Morgan fingerprint density at radius 2 is 2.00 bits per heavy atom. The van der Waals surface area contributed by atoms with Gasteiger partial charge in [-0.15, -0.1) is 0 Å². The van der Waals surface area contributed by atoms with Crippen LogP contribution in [0.15, 0.2) is 0 Å². The van der Waals surface area contributed by atoms with Crippen molar-refractivity contribution in [1.29, 1.82) is 0 Å². The van der Waals surface area contributed by atoms with E-state index in [4.69, 9.17) is 9.84 Å². The zero-order valence-electron chi connectivity index (χ0n) is 11.0. The number of carbonyl (C=O) groups excluding carboxylic acids is 2. The van der Waals surface area contributed by atoms with Crippen molar-refractivity contribution >= 4 is 17.8 Å². The third kappa shape index (κ3) is 6.43. The molecule has 2 amide bonds. The molecule has 1 saturated heterocycles. The maximum absolute atomic E-state index is 11.9. The lowest BCUT2D eigenvalue weighted by atomic mass is 10.1. The molecule has 1 aliphatic rings. The molecule has 120 valence electrons. The Bertz CT molecular complexity index is 413. The van der Waals surface area contributed by atoms with E-state index in [1.54, 1.807) is 5.32 Å². The maximum atomic E-state index is 11.9. The molecule has 0 saturated carbocycles. The van der Waals surface area contributed by atoms with E-state index >= 15 is 0 Å². The first-order valence-electron chi connectivity index (χ1n) is 6.11. The lowest BCUT2D eigenvalue weighted by Gasteiger charge is -2.34. The molecule has 0 unspecified atom stereocenters. The summed E-state index contributed by atoms with van der Waals surface area (Å²) in [5.41, 5.74) is 0. The minimum absolute atomic E-state index is 0.0161. The third-order valence-electron chi connectivity index (χ3n) is 2.76. The number of aliphatic carboxylic acids is 1. The van der Waals surface area contributed by atoms with Crippen molar-refractivity contribution in [3.63, 3.8) is 0 Å². The van der Waals surface area contributed by atoms with Crippen LogP contribution in [0.25, 0.3) is 0 Å². The van der Waals surface area contributed by atoms with Gasteiger partial charge in [-0.05, 0) is 0 Å². The molecule has 1 heterocycles. The van der Waals surface area contributed by atoms with E-state index in [0.717, 1.165) is 4.90 Å². The summed E-state index contributed by atoms with van der Waals surface area (Å²) < 4.78 is 40.8. The van der Waals surface area contributed by atoms with Crippen LogP contribution in [-0.4, -0.2) is 66.3 Å². The zero-order chi connectivity index (χ0) is 16.0. The van der Waals surface area contributed by atoms with Gasteiger partial charge in [-0.25, -0.2) is 0 Å². The van der Waals surface area contributed by atoms with Crippen molar-refractivity contribution in [1.82, 2.24) is 10.2 Å². The van der Waals surface area contributed by atoms with Gasteiger partial charge in [0, 0.05) is 6.54 Å². The number of hydrogen-bond acceptors (Lipinski definition) is 4. The first-order chi connectivity index (χ1) is 9.69. The van der Waals surface area contributed by atoms with Gasteiger partial charge in [0.15, 0.2) is 0 Å². The minimum atomic E-state index is -4.55. The number of alkyl halides is 3. The lowest BCUT2D eigenvalue weighted by molar-refractivity contribution is -0.149. The summed E-state index contributed by atoms with van der Waals surface area (Å²) in [5, 5.41) is 10.3. The van der Waals surface area contributed by atoms with Crippen LogP contribution in [0.3, 0.4) is 0 Å². The number of amides is 2. The normalized spacial score (nSPS) is 19.2. The van der Waals surface area contributed by atoms with Crippen LogP contribution in [0, 0.1) is 0 Å². The molecule has 10 heteroatoms. The number of nitrogens with one attached hydrogen (secondary N) is 1. The topological polar surface area (TPSA) is 95.9 Å². The van der Waals surface area contributed by atoms with Crippen LogP contribution in [0.1, 0.15) is 12.8 Å². The number of morpholine rings is 1. The SMILES string of the molecule is O=C(O)C[C@@H]1COCCN1C(=O)CC(=O)NCC(F)(F)F. The maximum Gasteiger partial charge on any atom is 0.405 e. The van der Waals surface area contributed by atoms with Crippen LogP contribution < -0.4 is 5.32 Å². The number of carbonyl (C=O) groups is 3. The summed E-state index contributed by atoms with van der Waals surface area (Å²) in [6, 6.07) is -0.723. The molecule has 1 aliphatic heterocycles. The second kappa shape index (κ2) is 7.25. The van der Waals surface area contributed by atoms with E-state index in [1.165, 1.54) is 0 Å². The van der Waals surface area contributed by atoms with Crippen molar-refractivity contribution in [2.75, 3.05) is 26.3 Å². The number of carboxylic acid groups (broad SMARTS) is 1. The fourth-order valence-corrected chi connectivity index (χ4v) is 1.85. The highest BCUT2D eigenvalue weighted by atomic mass is 19.4. The average Bonchev–Trinajstić information content (AvgIpc) is 2.35. The molecular weight excluding hydrogens is 297 g/mol. The minimum Gasteiger partial charge on any atom is -0.481 e. The van der Waals surface area contributed by atoms with E-state index in [2.05, 4.69) is 0 Å². The number of hydrogen-bond donors (Lipinski definition) is 2. The number of nitrogens with zero attached hydrogens (tertiary/aromatic N) is 1. The largest absolute Gasteiger partial charge is 0.481 e. The molecule has 21 heavy (non-hydrogen) atoms. The second-order valence-electron chi connectivity index (χ2n) is 4.48. The predicted octanol–water partition coefficient (Wildman–Crippen LogP) is -0.243. The first-order valence-corrected chi connectivity index (χ1v) is 6.11. The Balaban J connectivity index is 2.51. The predicted molar refractivity (Wildman–Crippen MR) is 62.3 cm³/mol. The summed E-state index contributed by atoms with van der Waals surface area (Å²) in [5.74, 6) is -2.91. The van der Waals surface area contributed by atoms with Crippen molar-refractivity contribution in [2.24, 2.45) is 0 Å². The van der Waals surface area contributed by atoms with E-state index in [0.29, 0.717) is 0 Å². The summed E-state index contributed by atoms with van der Waals surface area (Å²) in [6.07, 6.45) is -5.66. The molecule has 0 bridgehead atoms. The number of ether oxygens (including phenoxy) is 1. The van der Waals surface area contributed by atoms with Gasteiger partial charge in [-0.1, -0.05) is 0 Å². The highest BCUT2D eigenvalue weighted by molar-refractivity contribution is 5.97. The van der Waals surface area contributed by atoms with E-state index in [9.17, 15) is 27.6 Å². The molecule has 1 fully saturated rings. The molecule has 0 aromatic heterocycles. The van der Waals surface area contributed by atoms with Crippen LogP contribution in [0.5, 0.6) is 0 Å². The van der Waals surface area contributed by atoms with Crippen LogP contribution in [-0.2, 0) is 19.1 Å². The number of carboxylic acids is 1. The molecule has 7 nitrogen and oxygen atoms in total. The first kappa shape index (κ1) is 17.2. The van der Waals surface area contributed by atoms with Gasteiger partial charge < -0.3 is 20.1 Å². The molecule has 2 N–H and O–H groups in total. The summed E-state index contributed by atoms with van der Waals surface area (Å²) in [6.45, 7) is -1.21. The monoisotopic (exact) mass is 312 g/mol. The summed E-state index contributed by atoms with van der Waals surface area (Å²) >= 11 is 0. The Morgan fingerprint density at radius 1 is 1.33 bits per heavy atom. The number of halogens is 3. The Labute approximate surface area is 118 Å². The van der Waals surface area contributed by atoms with Gasteiger partial charge in [0.05, 0.1) is 25.7 Å². The van der Waals surface area contributed by atoms with Gasteiger partial charge in [-0.2, -0.15) is 13.2 Å². The van der Waals surface area contributed by atoms with Crippen molar-refractivity contribution in [3.05, 3.63) is 0 Å². The molecule has 0 aliphatic carbocycles. The highest BCUT2D eigenvalue weighted by Crippen LogP contribution is 2.14. The molecule has 0 spiro atoms. The molecule has 1 atom stereocenters.